The summed E-state index contributed by atoms with van der Waals surface area (Å²) in [5, 5.41) is 12.9. The predicted octanol–water partition coefficient (Wildman–Crippen LogP) is 2.05. The van der Waals surface area contributed by atoms with Crippen molar-refractivity contribution in [2.75, 3.05) is 26.3 Å². The van der Waals surface area contributed by atoms with Crippen molar-refractivity contribution in [3.8, 4) is 0 Å². The molecule has 0 aliphatic carbocycles. The van der Waals surface area contributed by atoms with Crippen LogP contribution in [0.25, 0.3) is 0 Å². The Morgan fingerprint density at radius 3 is 2.38 bits per heavy atom. The topological polar surface area (TPSA) is 41.5 Å². The van der Waals surface area contributed by atoms with Crippen LogP contribution in [-0.4, -0.2) is 37.5 Å². The lowest BCUT2D eigenvalue weighted by molar-refractivity contribution is 0.0982. The van der Waals surface area contributed by atoms with Gasteiger partial charge >= 0.3 is 0 Å². The van der Waals surface area contributed by atoms with Crippen LogP contribution in [0.15, 0.2) is 0 Å². The Morgan fingerprint density at radius 1 is 1.25 bits per heavy atom. The number of aliphatic hydroxyl groups excluding tert-OH is 1. The molecule has 0 saturated heterocycles. The fourth-order valence-corrected chi connectivity index (χ4v) is 1.51. The summed E-state index contributed by atoms with van der Waals surface area (Å²) in [5.41, 5.74) is 0.190. The molecule has 0 fully saturated rings. The number of nitrogens with one attached hydrogen (secondary N) is 1. The van der Waals surface area contributed by atoms with E-state index in [4.69, 9.17) is 4.74 Å². The van der Waals surface area contributed by atoms with E-state index in [1.165, 1.54) is 0 Å². The molecule has 0 rings (SSSR count). The van der Waals surface area contributed by atoms with Crippen LogP contribution in [0.3, 0.4) is 0 Å². The quantitative estimate of drug-likeness (QED) is 0.628. The summed E-state index contributed by atoms with van der Waals surface area (Å²) in [4.78, 5) is 0. The van der Waals surface area contributed by atoms with E-state index in [2.05, 4.69) is 39.9 Å². The second-order valence-electron chi connectivity index (χ2n) is 6.09. The van der Waals surface area contributed by atoms with Gasteiger partial charge in [-0.1, -0.05) is 34.6 Å². The average Bonchev–Trinajstić information content (AvgIpc) is 2.07. The van der Waals surface area contributed by atoms with Crippen LogP contribution in [0, 0.1) is 11.3 Å². The first-order chi connectivity index (χ1) is 7.31. The number of aliphatic hydroxyl groups is 1. The average molecular weight is 231 g/mol. The first-order valence-electron chi connectivity index (χ1n) is 6.28. The zero-order valence-corrected chi connectivity index (χ0v) is 11.5. The Labute approximate surface area is 101 Å². The molecule has 1 unspecified atom stereocenters. The third-order valence-electron chi connectivity index (χ3n) is 2.10. The van der Waals surface area contributed by atoms with Gasteiger partial charge in [-0.15, -0.1) is 0 Å². The van der Waals surface area contributed by atoms with Crippen LogP contribution in [0.2, 0.25) is 0 Å². The van der Waals surface area contributed by atoms with Crippen LogP contribution < -0.4 is 5.32 Å². The van der Waals surface area contributed by atoms with Crippen molar-refractivity contribution in [1.82, 2.24) is 5.32 Å². The minimum atomic E-state index is -0.259. The van der Waals surface area contributed by atoms with E-state index in [1.54, 1.807) is 0 Å². The van der Waals surface area contributed by atoms with E-state index in [9.17, 15) is 5.11 Å². The molecule has 0 bridgehead atoms. The van der Waals surface area contributed by atoms with Crippen molar-refractivity contribution in [2.45, 2.75) is 47.1 Å². The summed E-state index contributed by atoms with van der Waals surface area (Å²) in [7, 11) is 0. The van der Waals surface area contributed by atoms with Gasteiger partial charge < -0.3 is 15.2 Å². The highest BCUT2D eigenvalue weighted by atomic mass is 16.5. The second kappa shape index (κ2) is 8.04. The monoisotopic (exact) mass is 231 g/mol. The zero-order chi connectivity index (χ0) is 12.6. The predicted molar refractivity (Wildman–Crippen MR) is 68.6 cm³/mol. The standard InChI is InChI=1S/C13H29NO2/c1-11(2)10-16-7-6-14-9-12(15)8-13(3,4)5/h11-12,14-15H,6-10H2,1-5H3. The van der Waals surface area contributed by atoms with Gasteiger partial charge in [0.25, 0.3) is 0 Å². The molecule has 0 aromatic heterocycles. The van der Waals surface area contributed by atoms with Gasteiger partial charge in [0.05, 0.1) is 12.7 Å². The van der Waals surface area contributed by atoms with E-state index in [0.29, 0.717) is 12.5 Å². The summed E-state index contributed by atoms with van der Waals surface area (Å²) < 4.78 is 5.43. The molecule has 3 heteroatoms. The maximum atomic E-state index is 9.73. The first kappa shape index (κ1) is 15.9. The normalized spacial score (nSPS) is 14.4. The van der Waals surface area contributed by atoms with E-state index in [1.807, 2.05) is 0 Å². The Morgan fingerprint density at radius 2 is 1.88 bits per heavy atom. The molecule has 0 spiro atoms. The summed E-state index contributed by atoms with van der Waals surface area (Å²) in [5.74, 6) is 0.589. The molecular formula is C13H29NO2. The largest absolute Gasteiger partial charge is 0.392 e. The van der Waals surface area contributed by atoms with Crippen molar-refractivity contribution in [3.63, 3.8) is 0 Å². The van der Waals surface area contributed by atoms with Crippen LogP contribution in [-0.2, 0) is 4.74 Å². The van der Waals surface area contributed by atoms with E-state index >= 15 is 0 Å². The highest BCUT2D eigenvalue weighted by molar-refractivity contribution is 4.69. The van der Waals surface area contributed by atoms with Crippen molar-refractivity contribution >= 4 is 0 Å². The van der Waals surface area contributed by atoms with Gasteiger partial charge in [0.15, 0.2) is 0 Å². The van der Waals surface area contributed by atoms with Gasteiger partial charge in [0.1, 0.15) is 0 Å². The smallest absolute Gasteiger partial charge is 0.0669 e. The molecule has 0 heterocycles. The maximum absolute atomic E-state index is 9.73. The summed E-state index contributed by atoms with van der Waals surface area (Å²) >= 11 is 0. The Balaban J connectivity index is 3.31. The fourth-order valence-electron chi connectivity index (χ4n) is 1.51. The molecular weight excluding hydrogens is 202 g/mol. The molecule has 0 amide bonds. The Kier molecular flexibility index (Phi) is 7.98. The minimum Gasteiger partial charge on any atom is -0.392 e. The lowest BCUT2D eigenvalue weighted by Crippen LogP contribution is -2.32. The zero-order valence-electron chi connectivity index (χ0n) is 11.5. The molecule has 0 saturated carbocycles. The molecule has 16 heavy (non-hydrogen) atoms. The van der Waals surface area contributed by atoms with Crippen LogP contribution in [0.5, 0.6) is 0 Å². The number of ether oxygens (including phenoxy) is 1. The van der Waals surface area contributed by atoms with E-state index < -0.39 is 0 Å². The lowest BCUT2D eigenvalue weighted by atomic mass is 9.89. The van der Waals surface area contributed by atoms with Gasteiger partial charge in [0.2, 0.25) is 0 Å². The maximum Gasteiger partial charge on any atom is 0.0669 e. The number of hydrogen-bond donors (Lipinski definition) is 2. The van der Waals surface area contributed by atoms with Gasteiger partial charge in [-0.25, -0.2) is 0 Å². The van der Waals surface area contributed by atoms with Crippen LogP contribution >= 0.6 is 0 Å². The summed E-state index contributed by atoms with van der Waals surface area (Å²) in [6.45, 7) is 13.7. The summed E-state index contributed by atoms with van der Waals surface area (Å²) in [6, 6.07) is 0. The minimum absolute atomic E-state index is 0.190. The van der Waals surface area contributed by atoms with Gasteiger partial charge in [0, 0.05) is 19.7 Å². The van der Waals surface area contributed by atoms with Gasteiger partial charge in [-0.3, -0.25) is 0 Å². The third-order valence-corrected chi connectivity index (χ3v) is 2.10. The number of hydrogen-bond acceptors (Lipinski definition) is 3. The summed E-state index contributed by atoms with van der Waals surface area (Å²) in [6.07, 6.45) is 0.567. The fraction of sp³-hybridized carbons (Fsp3) is 1.00. The van der Waals surface area contributed by atoms with E-state index in [0.717, 1.165) is 26.2 Å². The number of rotatable bonds is 8. The molecule has 0 aliphatic rings. The molecule has 2 N–H and O–H groups in total. The SMILES string of the molecule is CC(C)COCCNCC(O)CC(C)(C)C. The molecule has 0 aromatic rings. The second-order valence-corrected chi connectivity index (χ2v) is 6.09. The highest BCUT2D eigenvalue weighted by Gasteiger charge is 2.15. The van der Waals surface area contributed by atoms with Gasteiger partial charge in [-0.05, 0) is 17.8 Å². The molecule has 1 atom stereocenters. The Bertz CT molecular complexity index is 164. The van der Waals surface area contributed by atoms with Crippen LogP contribution in [0.4, 0.5) is 0 Å². The Hall–Kier alpha value is -0.120. The highest BCUT2D eigenvalue weighted by Crippen LogP contribution is 2.20. The van der Waals surface area contributed by atoms with Crippen molar-refractivity contribution in [3.05, 3.63) is 0 Å². The molecule has 98 valence electrons. The first-order valence-corrected chi connectivity index (χ1v) is 6.28. The van der Waals surface area contributed by atoms with Crippen LogP contribution in [0.1, 0.15) is 41.0 Å². The molecule has 0 radical (unpaired) electrons. The molecule has 3 nitrogen and oxygen atoms in total. The van der Waals surface area contributed by atoms with Crippen molar-refractivity contribution in [2.24, 2.45) is 11.3 Å². The molecule has 0 aromatic carbocycles. The van der Waals surface area contributed by atoms with Crippen molar-refractivity contribution in [1.29, 1.82) is 0 Å². The van der Waals surface area contributed by atoms with E-state index in [-0.39, 0.29) is 11.5 Å². The van der Waals surface area contributed by atoms with Crippen molar-refractivity contribution < 1.29 is 9.84 Å². The third kappa shape index (κ3) is 12.0. The van der Waals surface area contributed by atoms with Gasteiger partial charge in [-0.2, -0.15) is 0 Å². The molecule has 0 aliphatic heterocycles. The lowest BCUT2D eigenvalue weighted by Gasteiger charge is -2.22.